The van der Waals surface area contributed by atoms with Gasteiger partial charge in [-0.15, -0.1) is 6.58 Å². The number of rotatable bonds is 3. The summed E-state index contributed by atoms with van der Waals surface area (Å²) in [6.45, 7) is 3.58. The first-order chi connectivity index (χ1) is 6.31. The van der Waals surface area contributed by atoms with E-state index in [1.54, 1.807) is 6.08 Å². The number of allylic oxidation sites excluding steroid dienone is 1. The molecule has 1 saturated heterocycles. The van der Waals surface area contributed by atoms with Gasteiger partial charge in [-0.1, -0.05) is 18.2 Å². The average Bonchev–Trinajstić information content (AvgIpc) is 2.74. The molecule has 2 unspecified atom stereocenters. The van der Waals surface area contributed by atoms with Crippen molar-refractivity contribution < 1.29 is 9.63 Å². The van der Waals surface area contributed by atoms with Crippen LogP contribution in [0.3, 0.4) is 0 Å². The zero-order valence-corrected chi connectivity index (χ0v) is 7.48. The third-order valence-electron chi connectivity index (χ3n) is 2.38. The third-order valence-corrected chi connectivity index (χ3v) is 2.38. The van der Waals surface area contributed by atoms with Gasteiger partial charge in [-0.05, 0) is 6.42 Å². The predicted molar refractivity (Wildman–Crippen MR) is 48.7 cm³/mol. The fourth-order valence-corrected chi connectivity index (χ4v) is 1.70. The van der Waals surface area contributed by atoms with E-state index in [1.165, 1.54) is 5.06 Å². The molecule has 0 saturated carbocycles. The zero-order valence-electron chi connectivity index (χ0n) is 7.48. The Morgan fingerprint density at radius 2 is 2.54 bits per heavy atom. The number of hydroxylamine groups is 2. The molecule has 0 aromatic heterocycles. The van der Waals surface area contributed by atoms with Gasteiger partial charge in [0.05, 0.1) is 6.04 Å². The first kappa shape index (κ1) is 8.51. The maximum absolute atomic E-state index is 11.5. The molecule has 2 atom stereocenters. The molecule has 1 aliphatic carbocycles. The fraction of sp³-hybridized carbons (Fsp3) is 0.500. The van der Waals surface area contributed by atoms with Crippen LogP contribution in [0.15, 0.2) is 24.8 Å². The van der Waals surface area contributed by atoms with Crippen LogP contribution in [0.25, 0.3) is 0 Å². The van der Waals surface area contributed by atoms with Crippen molar-refractivity contribution in [2.75, 3.05) is 0 Å². The molecule has 3 nitrogen and oxygen atoms in total. The summed E-state index contributed by atoms with van der Waals surface area (Å²) in [4.78, 5) is 16.9. The Labute approximate surface area is 77.6 Å². The molecule has 1 fully saturated rings. The van der Waals surface area contributed by atoms with E-state index in [-0.39, 0.29) is 18.1 Å². The van der Waals surface area contributed by atoms with Crippen LogP contribution in [0, 0.1) is 0 Å². The van der Waals surface area contributed by atoms with Gasteiger partial charge in [-0.2, -0.15) is 0 Å². The quantitative estimate of drug-likeness (QED) is 0.613. The summed E-state index contributed by atoms with van der Waals surface area (Å²) in [6.07, 6.45) is 8.10. The van der Waals surface area contributed by atoms with Crippen molar-refractivity contribution in [3.05, 3.63) is 24.8 Å². The molecular weight excluding hydrogens is 166 g/mol. The maximum atomic E-state index is 11.5. The second-order valence-corrected chi connectivity index (χ2v) is 3.38. The van der Waals surface area contributed by atoms with E-state index in [1.807, 2.05) is 12.2 Å². The number of fused-ring (bicyclic) bond motifs is 2. The van der Waals surface area contributed by atoms with Crippen molar-refractivity contribution in [1.82, 2.24) is 5.06 Å². The Bertz CT molecular complexity index is 260. The van der Waals surface area contributed by atoms with Crippen molar-refractivity contribution in [3.8, 4) is 0 Å². The highest BCUT2D eigenvalue weighted by Crippen LogP contribution is 2.29. The van der Waals surface area contributed by atoms with Crippen LogP contribution in [0.1, 0.15) is 19.3 Å². The van der Waals surface area contributed by atoms with Crippen molar-refractivity contribution in [1.29, 1.82) is 0 Å². The predicted octanol–water partition coefficient (Wildman–Crippen LogP) is 1.42. The first-order valence-corrected chi connectivity index (χ1v) is 4.59. The molecule has 70 valence electrons. The molecule has 13 heavy (non-hydrogen) atoms. The topological polar surface area (TPSA) is 29.5 Å². The van der Waals surface area contributed by atoms with Crippen molar-refractivity contribution in [2.45, 2.75) is 31.4 Å². The third kappa shape index (κ3) is 1.52. The summed E-state index contributed by atoms with van der Waals surface area (Å²) in [6, 6.07) is 0.183. The Morgan fingerprint density at radius 3 is 3.08 bits per heavy atom. The lowest BCUT2D eigenvalue weighted by molar-refractivity contribution is -0.182. The van der Waals surface area contributed by atoms with Gasteiger partial charge in [0, 0.05) is 12.8 Å². The number of hydrogen-bond donors (Lipinski definition) is 0. The Hall–Kier alpha value is -1.09. The number of amides is 1. The Kier molecular flexibility index (Phi) is 2.19. The molecule has 0 aromatic rings. The van der Waals surface area contributed by atoms with Gasteiger partial charge in [-0.3, -0.25) is 9.63 Å². The van der Waals surface area contributed by atoms with Gasteiger partial charge < -0.3 is 0 Å². The molecule has 1 amide bonds. The molecule has 2 aliphatic rings. The average molecular weight is 179 g/mol. The zero-order chi connectivity index (χ0) is 9.26. The van der Waals surface area contributed by atoms with Crippen LogP contribution in [0.2, 0.25) is 0 Å². The van der Waals surface area contributed by atoms with Gasteiger partial charge in [0.15, 0.2) is 0 Å². The summed E-state index contributed by atoms with van der Waals surface area (Å²) in [7, 11) is 0. The minimum atomic E-state index is 0.0664. The van der Waals surface area contributed by atoms with E-state index in [0.29, 0.717) is 6.42 Å². The molecule has 0 radical (unpaired) electrons. The van der Waals surface area contributed by atoms with Crippen LogP contribution in [0.5, 0.6) is 0 Å². The monoisotopic (exact) mass is 179 g/mol. The van der Waals surface area contributed by atoms with E-state index in [2.05, 4.69) is 6.58 Å². The second-order valence-electron chi connectivity index (χ2n) is 3.38. The van der Waals surface area contributed by atoms with Gasteiger partial charge in [-0.25, -0.2) is 5.06 Å². The highest BCUT2D eigenvalue weighted by molar-refractivity contribution is 5.76. The van der Waals surface area contributed by atoms with E-state index in [0.717, 1.165) is 12.8 Å². The smallest absolute Gasteiger partial charge is 0.247 e. The Morgan fingerprint density at radius 1 is 1.69 bits per heavy atom. The molecule has 0 aromatic carbocycles. The van der Waals surface area contributed by atoms with Crippen LogP contribution >= 0.6 is 0 Å². The van der Waals surface area contributed by atoms with E-state index >= 15 is 0 Å². The highest BCUT2D eigenvalue weighted by Gasteiger charge is 2.37. The Balaban J connectivity index is 1.91. The van der Waals surface area contributed by atoms with Gasteiger partial charge >= 0.3 is 0 Å². The van der Waals surface area contributed by atoms with Crippen molar-refractivity contribution in [3.63, 3.8) is 0 Å². The molecule has 0 spiro atoms. The van der Waals surface area contributed by atoms with Gasteiger partial charge in [0.1, 0.15) is 6.10 Å². The standard InChI is InChI=1S/C10H13NO2/c1-2-3-4-10(12)11-8-5-6-9(7-8)13-11/h2,5-6,8-9H,1,3-4,7H2. The van der Waals surface area contributed by atoms with Crippen LogP contribution in [0.4, 0.5) is 0 Å². The van der Waals surface area contributed by atoms with Crippen LogP contribution < -0.4 is 0 Å². The van der Waals surface area contributed by atoms with E-state index < -0.39 is 0 Å². The lowest BCUT2D eigenvalue weighted by Crippen LogP contribution is -2.34. The van der Waals surface area contributed by atoms with Crippen molar-refractivity contribution in [2.24, 2.45) is 0 Å². The van der Waals surface area contributed by atoms with E-state index in [4.69, 9.17) is 4.84 Å². The van der Waals surface area contributed by atoms with E-state index in [9.17, 15) is 4.79 Å². The number of nitrogens with zero attached hydrogens (tertiary/aromatic N) is 1. The number of hydrogen-bond acceptors (Lipinski definition) is 2. The molecule has 2 bridgehead atoms. The number of carbonyl (C=O) groups excluding carboxylic acids is 1. The van der Waals surface area contributed by atoms with Crippen LogP contribution in [-0.4, -0.2) is 23.1 Å². The van der Waals surface area contributed by atoms with Crippen LogP contribution in [-0.2, 0) is 9.63 Å². The largest absolute Gasteiger partial charge is 0.273 e. The molecular formula is C10H13NO2. The summed E-state index contributed by atoms with van der Waals surface area (Å²) >= 11 is 0. The van der Waals surface area contributed by atoms with Gasteiger partial charge in [0.2, 0.25) is 5.91 Å². The summed E-state index contributed by atoms with van der Waals surface area (Å²) in [5, 5.41) is 1.51. The van der Waals surface area contributed by atoms with Gasteiger partial charge in [0.25, 0.3) is 0 Å². The van der Waals surface area contributed by atoms with Crippen molar-refractivity contribution >= 4 is 5.91 Å². The second kappa shape index (κ2) is 3.34. The molecule has 1 aliphatic heterocycles. The first-order valence-electron chi connectivity index (χ1n) is 4.59. The fourth-order valence-electron chi connectivity index (χ4n) is 1.70. The lowest BCUT2D eigenvalue weighted by atomic mass is 10.2. The highest BCUT2D eigenvalue weighted by atomic mass is 16.7. The summed E-state index contributed by atoms with van der Waals surface area (Å²) < 4.78 is 0. The minimum Gasteiger partial charge on any atom is -0.273 e. The molecule has 1 heterocycles. The molecule has 0 N–H and O–H groups in total. The SMILES string of the molecule is C=CCCC(=O)N1OC2C=CC1C2. The molecule has 2 rings (SSSR count). The summed E-state index contributed by atoms with van der Waals surface area (Å²) in [5.41, 5.74) is 0. The molecule has 3 heteroatoms. The normalized spacial score (nSPS) is 29.7. The minimum absolute atomic E-state index is 0.0664. The lowest BCUT2D eigenvalue weighted by Gasteiger charge is -2.22. The number of carbonyl (C=O) groups is 1. The maximum Gasteiger partial charge on any atom is 0.247 e. The summed E-state index contributed by atoms with van der Waals surface area (Å²) in [5.74, 6) is 0.0664.